The van der Waals surface area contributed by atoms with E-state index in [1.807, 2.05) is 48.9 Å². The van der Waals surface area contributed by atoms with Crippen molar-refractivity contribution in [3.63, 3.8) is 0 Å². The highest BCUT2D eigenvalue weighted by molar-refractivity contribution is 7.98. The lowest BCUT2D eigenvalue weighted by molar-refractivity contribution is -0.892. The van der Waals surface area contributed by atoms with Gasteiger partial charge in [-0.2, -0.15) is 0 Å². The Kier molecular flexibility index (Phi) is 5.72. The second-order valence-electron chi connectivity index (χ2n) is 5.91. The minimum absolute atomic E-state index is 0.0891. The average Bonchev–Trinajstić information content (AvgIpc) is 2.63. The quantitative estimate of drug-likeness (QED) is 0.780. The van der Waals surface area contributed by atoms with Crippen LogP contribution in [-0.4, -0.2) is 44.9 Å². The highest BCUT2D eigenvalue weighted by Crippen LogP contribution is 2.24. The van der Waals surface area contributed by atoms with Crippen molar-refractivity contribution >= 4 is 29.2 Å². The molecule has 0 atom stereocenters. The number of amides is 1. The number of anilines is 2. The van der Waals surface area contributed by atoms with Crippen molar-refractivity contribution in [2.45, 2.75) is 4.90 Å². The van der Waals surface area contributed by atoms with Crippen LogP contribution in [0.15, 0.2) is 53.6 Å². The summed E-state index contributed by atoms with van der Waals surface area (Å²) < 4.78 is 0. The molecule has 126 valence electrons. The monoisotopic (exact) mass is 344 g/mol. The predicted molar refractivity (Wildman–Crippen MR) is 97.6 cm³/mol. The van der Waals surface area contributed by atoms with Gasteiger partial charge in [0.1, 0.15) is 26.2 Å². The minimum atomic E-state index is 0.0891. The summed E-state index contributed by atoms with van der Waals surface area (Å²) in [5, 5.41) is 3.05. The van der Waals surface area contributed by atoms with Crippen molar-refractivity contribution in [2.24, 2.45) is 0 Å². The van der Waals surface area contributed by atoms with Crippen LogP contribution in [0.4, 0.5) is 11.5 Å². The number of thioether (sulfide) groups is 1. The average molecular weight is 344 g/mol. The van der Waals surface area contributed by atoms with Gasteiger partial charge in [0.15, 0.2) is 6.54 Å². The fourth-order valence-electron chi connectivity index (χ4n) is 2.99. The van der Waals surface area contributed by atoms with Crippen molar-refractivity contribution in [1.29, 1.82) is 0 Å². The third kappa shape index (κ3) is 4.27. The van der Waals surface area contributed by atoms with E-state index in [1.54, 1.807) is 11.8 Å². The minimum Gasteiger partial charge on any atom is -0.321 e. The number of carbonyl (C=O) groups excluding carboxylic acids is 1. The lowest BCUT2D eigenvalue weighted by Gasteiger charge is -2.27. The molecule has 6 heteroatoms. The Labute approximate surface area is 147 Å². The van der Waals surface area contributed by atoms with Gasteiger partial charge in [0.05, 0.1) is 11.9 Å². The molecule has 1 aromatic carbocycles. The molecule has 1 amide bonds. The molecule has 0 saturated carbocycles. The van der Waals surface area contributed by atoms with Crippen LogP contribution in [0.1, 0.15) is 0 Å². The normalized spacial score (nSPS) is 15.3. The molecular weight excluding hydrogens is 320 g/mol. The predicted octanol–water partition coefficient (Wildman–Crippen LogP) is 0.566. The molecule has 1 fully saturated rings. The molecule has 1 aliphatic rings. The summed E-state index contributed by atoms with van der Waals surface area (Å²) >= 11 is 1.65. The van der Waals surface area contributed by atoms with Gasteiger partial charge >= 0.3 is 0 Å². The van der Waals surface area contributed by atoms with Crippen molar-refractivity contribution < 1.29 is 14.7 Å². The molecule has 0 unspecified atom stereocenters. The number of piperazine rings is 1. The van der Waals surface area contributed by atoms with Crippen molar-refractivity contribution in [1.82, 2.24) is 0 Å². The molecule has 2 heterocycles. The number of nitrogens with one attached hydrogen (secondary N) is 3. The van der Waals surface area contributed by atoms with Crippen molar-refractivity contribution in [2.75, 3.05) is 49.2 Å². The fourth-order valence-corrected chi connectivity index (χ4v) is 3.54. The zero-order valence-corrected chi connectivity index (χ0v) is 14.7. The molecule has 0 aliphatic carbocycles. The van der Waals surface area contributed by atoms with E-state index < -0.39 is 0 Å². The van der Waals surface area contributed by atoms with Crippen LogP contribution in [0.5, 0.6) is 0 Å². The molecule has 3 rings (SSSR count). The molecule has 3 N–H and O–H groups in total. The van der Waals surface area contributed by atoms with Crippen LogP contribution in [0.3, 0.4) is 0 Å². The maximum atomic E-state index is 12.3. The number of hydrogen-bond donors (Lipinski definition) is 2. The summed E-state index contributed by atoms with van der Waals surface area (Å²) in [6, 6.07) is 14.1. The van der Waals surface area contributed by atoms with Gasteiger partial charge in [-0.05, 0) is 24.5 Å². The van der Waals surface area contributed by atoms with Crippen LogP contribution >= 0.6 is 11.8 Å². The number of H-pyrrole nitrogens is 1. The lowest BCUT2D eigenvalue weighted by Crippen LogP contribution is -3.15. The number of hydrogen-bond acceptors (Lipinski definition) is 3. The van der Waals surface area contributed by atoms with E-state index in [0.29, 0.717) is 6.54 Å². The number of benzene rings is 1. The Morgan fingerprint density at radius 3 is 2.67 bits per heavy atom. The van der Waals surface area contributed by atoms with Gasteiger partial charge in [-0.15, -0.1) is 11.8 Å². The van der Waals surface area contributed by atoms with Gasteiger partial charge in [0.2, 0.25) is 0 Å². The Morgan fingerprint density at radius 1 is 1.21 bits per heavy atom. The van der Waals surface area contributed by atoms with E-state index in [1.165, 1.54) is 4.90 Å². The molecule has 5 nitrogen and oxygen atoms in total. The molecule has 1 aromatic heterocycles. The summed E-state index contributed by atoms with van der Waals surface area (Å²) in [5.41, 5.74) is 0.909. The van der Waals surface area contributed by atoms with Crippen LogP contribution in [-0.2, 0) is 4.79 Å². The van der Waals surface area contributed by atoms with E-state index >= 15 is 0 Å². The summed E-state index contributed by atoms with van der Waals surface area (Å²) in [6.45, 7) is 4.39. The van der Waals surface area contributed by atoms with E-state index in [0.717, 1.165) is 42.6 Å². The summed E-state index contributed by atoms with van der Waals surface area (Å²) in [4.78, 5) is 20.4. The largest absolute Gasteiger partial charge is 0.321 e. The first kappa shape index (κ1) is 16.8. The van der Waals surface area contributed by atoms with Crippen LogP contribution in [0.2, 0.25) is 0 Å². The number of nitrogens with zero attached hydrogens (tertiary/aromatic N) is 1. The van der Waals surface area contributed by atoms with E-state index in [9.17, 15) is 4.79 Å². The number of carbonyl (C=O) groups is 1. The van der Waals surface area contributed by atoms with Crippen molar-refractivity contribution in [3.05, 3.63) is 48.7 Å². The summed E-state index contributed by atoms with van der Waals surface area (Å²) in [7, 11) is 0. The molecule has 1 saturated heterocycles. The highest BCUT2D eigenvalue weighted by Gasteiger charge is 2.27. The number of para-hydroxylation sites is 1. The Morgan fingerprint density at radius 2 is 1.96 bits per heavy atom. The first-order valence-electron chi connectivity index (χ1n) is 8.24. The smallest absolute Gasteiger partial charge is 0.279 e. The molecule has 0 radical (unpaired) electrons. The molecule has 24 heavy (non-hydrogen) atoms. The topological polar surface area (TPSA) is 50.9 Å². The van der Waals surface area contributed by atoms with Gasteiger partial charge in [-0.25, -0.2) is 4.98 Å². The van der Waals surface area contributed by atoms with Gasteiger partial charge in [-0.3, -0.25) is 9.69 Å². The number of pyridine rings is 1. The van der Waals surface area contributed by atoms with Crippen LogP contribution < -0.4 is 20.1 Å². The van der Waals surface area contributed by atoms with Crippen LogP contribution in [0.25, 0.3) is 0 Å². The Hall–Kier alpha value is -2.05. The number of quaternary nitrogens is 1. The molecule has 0 bridgehead atoms. The second-order valence-corrected chi connectivity index (χ2v) is 6.76. The van der Waals surface area contributed by atoms with Gasteiger partial charge in [0.25, 0.3) is 11.7 Å². The molecule has 1 aliphatic heterocycles. The van der Waals surface area contributed by atoms with E-state index in [2.05, 4.69) is 21.3 Å². The standard InChI is InChI=1S/C18H22N4OS/c1-24-16-7-3-2-6-15(16)20-18(23)14-21-10-12-22(13-11-21)17-8-4-5-9-19-17/h2-9H,10-14H2,1H3,(H,20,23)/p+2. The third-order valence-electron chi connectivity index (χ3n) is 4.30. The number of aromatic nitrogens is 1. The SMILES string of the molecule is CSc1ccccc1NC(=O)C[NH+]1CCN(c2cccc[nH+]2)CC1. The number of aromatic amines is 1. The molecule has 0 spiro atoms. The summed E-state index contributed by atoms with van der Waals surface area (Å²) in [6.07, 6.45) is 3.97. The maximum Gasteiger partial charge on any atom is 0.279 e. The van der Waals surface area contributed by atoms with Gasteiger partial charge in [-0.1, -0.05) is 18.2 Å². The van der Waals surface area contributed by atoms with Crippen molar-refractivity contribution in [3.8, 4) is 0 Å². The van der Waals surface area contributed by atoms with E-state index in [4.69, 9.17) is 0 Å². The van der Waals surface area contributed by atoms with Gasteiger partial charge in [0, 0.05) is 11.0 Å². The zero-order valence-electron chi connectivity index (χ0n) is 13.9. The Balaban J connectivity index is 1.50. The third-order valence-corrected chi connectivity index (χ3v) is 5.09. The Bertz CT molecular complexity index is 672. The fraction of sp³-hybridized carbons (Fsp3) is 0.333. The highest BCUT2D eigenvalue weighted by atomic mass is 32.2. The first-order valence-corrected chi connectivity index (χ1v) is 9.47. The zero-order chi connectivity index (χ0) is 16.8. The van der Waals surface area contributed by atoms with Crippen LogP contribution in [0, 0.1) is 0 Å². The second kappa shape index (κ2) is 8.17. The first-order chi connectivity index (χ1) is 11.8. The lowest BCUT2D eigenvalue weighted by atomic mass is 10.3. The maximum absolute atomic E-state index is 12.3. The molecular formula is C18H24N4OS+2. The van der Waals surface area contributed by atoms with E-state index in [-0.39, 0.29) is 5.91 Å². The summed E-state index contributed by atoms with van der Waals surface area (Å²) in [5.74, 6) is 1.24. The van der Waals surface area contributed by atoms with Gasteiger partial charge < -0.3 is 10.2 Å². The molecule has 2 aromatic rings. The number of rotatable bonds is 5.